The van der Waals surface area contributed by atoms with Gasteiger partial charge < -0.3 is 14.6 Å². The maximum Gasteiger partial charge on any atom is 0.264 e. The zero-order valence-electron chi connectivity index (χ0n) is 15.5. The number of fused-ring (bicyclic) bond motifs is 3. The molecule has 28 heavy (non-hydrogen) atoms. The van der Waals surface area contributed by atoms with Crippen LogP contribution in [0.2, 0.25) is 0 Å². The molecule has 0 radical (unpaired) electrons. The van der Waals surface area contributed by atoms with Crippen molar-refractivity contribution in [3.63, 3.8) is 0 Å². The van der Waals surface area contributed by atoms with Gasteiger partial charge in [0.05, 0.1) is 18.0 Å². The number of amides is 1. The van der Waals surface area contributed by atoms with Gasteiger partial charge in [0.2, 0.25) is 0 Å². The highest BCUT2D eigenvalue weighted by Crippen LogP contribution is 2.39. The number of carbonyl (C=O) groups excluding carboxylic acids is 1. The Balaban J connectivity index is 1.66. The van der Waals surface area contributed by atoms with Crippen molar-refractivity contribution in [2.75, 3.05) is 13.7 Å². The molecule has 0 saturated heterocycles. The average molecular weight is 388 g/mol. The van der Waals surface area contributed by atoms with Gasteiger partial charge in [0.15, 0.2) is 0 Å². The quantitative estimate of drug-likeness (QED) is 0.535. The minimum Gasteiger partial charge on any atom is -0.497 e. The Morgan fingerprint density at radius 2 is 1.93 bits per heavy atom. The van der Waals surface area contributed by atoms with Gasteiger partial charge in [-0.1, -0.05) is 36.4 Å². The Morgan fingerprint density at radius 1 is 1.11 bits per heavy atom. The van der Waals surface area contributed by atoms with Crippen LogP contribution in [0.4, 0.5) is 0 Å². The standard InChI is InChI=1S/C23H20N2O2S/c1-27-16-10-8-15(9-11-16)22-21-18(17-5-2-3-6-19(17)24-21)12-13-25(22)23(26)20-7-4-14-28-20/h2-11,14,22,24H,12-13H2,1H3/t22-/m1/s1. The lowest BCUT2D eigenvalue weighted by molar-refractivity contribution is 0.0697. The third-order valence-corrected chi connectivity index (χ3v) is 6.32. The molecule has 1 atom stereocenters. The molecule has 5 heteroatoms. The van der Waals surface area contributed by atoms with Crippen molar-refractivity contribution in [2.24, 2.45) is 0 Å². The zero-order chi connectivity index (χ0) is 19.1. The summed E-state index contributed by atoms with van der Waals surface area (Å²) in [5, 5.41) is 3.20. The van der Waals surface area contributed by atoms with E-state index in [4.69, 9.17) is 4.74 Å². The van der Waals surface area contributed by atoms with Crippen molar-refractivity contribution in [3.8, 4) is 5.75 Å². The number of methoxy groups -OCH3 is 1. The summed E-state index contributed by atoms with van der Waals surface area (Å²) in [6.45, 7) is 0.697. The number of aromatic nitrogens is 1. The number of hydrogen-bond donors (Lipinski definition) is 1. The van der Waals surface area contributed by atoms with E-state index in [1.165, 1.54) is 22.3 Å². The molecule has 0 fully saturated rings. The summed E-state index contributed by atoms with van der Waals surface area (Å²) < 4.78 is 5.32. The minimum atomic E-state index is -0.142. The Hall–Kier alpha value is -3.05. The van der Waals surface area contributed by atoms with Crippen LogP contribution in [-0.2, 0) is 6.42 Å². The Bertz CT molecular complexity index is 1130. The van der Waals surface area contributed by atoms with Gasteiger partial charge in [0.1, 0.15) is 5.75 Å². The van der Waals surface area contributed by atoms with Gasteiger partial charge in [-0.3, -0.25) is 4.79 Å². The smallest absolute Gasteiger partial charge is 0.264 e. The summed E-state index contributed by atoms with van der Waals surface area (Å²) in [4.78, 5) is 19.7. The molecule has 140 valence electrons. The van der Waals surface area contributed by atoms with E-state index in [0.717, 1.165) is 33.8 Å². The fourth-order valence-corrected chi connectivity index (χ4v) is 4.81. The van der Waals surface area contributed by atoms with Gasteiger partial charge in [0, 0.05) is 23.1 Å². The molecule has 0 aliphatic carbocycles. The number of ether oxygens (including phenoxy) is 1. The molecule has 1 N–H and O–H groups in total. The van der Waals surface area contributed by atoms with Gasteiger partial charge in [-0.15, -0.1) is 11.3 Å². The highest BCUT2D eigenvalue weighted by atomic mass is 32.1. The molecule has 1 aliphatic heterocycles. The molecule has 4 nitrogen and oxygen atoms in total. The van der Waals surface area contributed by atoms with Crippen molar-refractivity contribution in [3.05, 3.63) is 87.7 Å². The van der Waals surface area contributed by atoms with Crippen LogP contribution < -0.4 is 4.74 Å². The third-order valence-electron chi connectivity index (χ3n) is 5.46. The van der Waals surface area contributed by atoms with Gasteiger partial charge in [-0.25, -0.2) is 0 Å². The molecule has 0 spiro atoms. The van der Waals surface area contributed by atoms with E-state index < -0.39 is 0 Å². The van der Waals surface area contributed by atoms with E-state index in [1.54, 1.807) is 7.11 Å². The van der Waals surface area contributed by atoms with Crippen LogP contribution in [0.3, 0.4) is 0 Å². The van der Waals surface area contributed by atoms with Crippen LogP contribution in [0.5, 0.6) is 5.75 Å². The number of rotatable bonds is 3. The van der Waals surface area contributed by atoms with Crippen molar-refractivity contribution in [1.82, 2.24) is 9.88 Å². The van der Waals surface area contributed by atoms with Crippen molar-refractivity contribution in [2.45, 2.75) is 12.5 Å². The van der Waals surface area contributed by atoms with Gasteiger partial charge in [0.25, 0.3) is 5.91 Å². The maximum atomic E-state index is 13.3. The molecular weight excluding hydrogens is 368 g/mol. The van der Waals surface area contributed by atoms with Crippen molar-refractivity contribution >= 4 is 28.1 Å². The first-order chi connectivity index (χ1) is 13.8. The SMILES string of the molecule is COc1ccc([C@@H]2c3[nH]c4ccccc4c3CCN2C(=O)c2cccs2)cc1. The number of para-hydroxylation sites is 1. The molecule has 4 aromatic rings. The fourth-order valence-electron chi connectivity index (χ4n) is 4.13. The molecule has 0 unspecified atom stereocenters. The predicted molar refractivity (Wildman–Crippen MR) is 112 cm³/mol. The highest BCUT2D eigenvalue weighted by Gasteiger charge is 2.35. The number of thiophene rings is 1. The van der Waals surface area contributed by atoms with Crippen molar-refractivity contribution < 1.29 is 9.53 Å². The van der Waals surface area contributed by atoms with Crippen LogP contribution in [-0.4, -0.2) is 29.4 Å². The van der Waals surface area contributed by atoms with Gasteiger partial charge >= 0.3 is 0 Å². The lowest BCUT2D eigenvalue weighted by atomic mass is 9.92. The van der Waals surface area contributed by atoms with E-state index in [9.17, 15) is 4.79 Å². The fraction of sp³-hybridized carbons (Fsp3) is 0.174. The van der Waals surface area contributed by atoms with Crippen LogP contribution in [0, 0.1) is 0 Å². The molecule has 3 heterocycles. The van der Waals surface area contributed by atoms with E-state index in [-0.39, 0.29) is 11.9 Å². The molecule has 0 bridgehead atoms. The lowest BCUT2D eigenvalue weighted by Crippen LogP contribution is -2.40. The number of aromatic amines is 1. The number of hydrogen-bond acceptors (Lipinski definition) is 3. The summed E-state index contributed by atoms with van der Waals surface area (Å²) in [5.41, 5.74) is 4.63. The monoisotopic (exact) mass is 388 g/mol. The molecule has 5 rings (SSSR count). The number of H-pyrrole nitrogens is 1. The van der Waals surface area contributed by atoms with Crippen LogP contribution in [0.25, 0.3) is 10.9 Å². The first-order valence-electron chi connectivity index (χ1n) is 9.34. The molecular formula is C23H20N2O2S. The highest BCUT2D eigenvalue weighted by molar-refractivity contribution is 7.12. The van der Waals surface area contributed by atoms with E-state index in [2.05, 4.69) is 35.3 Å². The van der Waals surface area contributed by atoms with Crippen LogP contribution in [0.1, 0.15) is 32.5 Å². The second-order valence-corrected chi connectivity index (χ2v) is 7.91. The van der Waals surface area contributed by atoms with E-state index in [0.29, 0.717) is 6.54 Å². The first kappa shape index (κ1) is 17.1. The Labute approximate surface area is 167 Å². The maximum absolute atomic E-state index is 13.3. The topological polar surface area (TPSA) is 45.3 Å². The van der Waals surface area contributed by atoms with Crippen molar-refractivity contribution in [1.29, 1.82) is 0 Å². The summed E-state index contributed by atoms with van der Waals surface area (Å²) in [5.74, 6) is 0.896. The number of nitrogens with one attached hydrogen (secondary N) is 1. The van der Waals surface area contributed by atoms with Crippen LogP contribution in [0.15, 0.2) is 66.0 Å². The molecule has 1 amide bonds. The van der Waals surface area contributed by atoms with Crippen LogP contribution >= 0.6 is 11.3 Å². The van der Waals surface area contributed by atoms with E-state index in [1.807, 2.05) is 40.6 Å². The second kappa shape index (κ2) is 6.84. The molecule has 1 aliphatic rings. The second-order valence-electron chi connectivity index (χ2n) is 6.96. The lowest BCUT2D eigenvalue weighted by Gasteiger charge is -2.36. The summed E-state index contributed by atoms with van der Waals surface area (Å²) in [6, 6.07) is 20.1. The van der Waals surface area contributed by atoms with Gasteiger partial charge in [-0.2, -0.15) is 0 Å². The Kier molecular flexibility index (Phi) is 4.17. The summed E-state index contributed by atoms with van der Waals surface area (Å²) in [7, 11) is 1.66. The van der Waals surface area contributed by atoms with E-state index >= 15 is 0 Å². The first-order valence-corrected chi connectivity index (χ1v) is 10.2. The largest absolute Gasteiger partial charge is 0.497 e. The average Bonchev–Trinajstić information content (AvgIpc) is 3.40. The number of carbonyl (C=O) groups is 1. The Morgan fingerprint density at radius 3 is 2.68 bits per heavy atom. The third kappa shape index (κ3) is 2.70. The zero-order valence-corrected chi connectivity index (χ0v) is 16.3. The van der Waals surface area contributed by atoms with Gasteiger partial charge in [-0.05, 0) is 47.2 Å². The number of nitrogens with zero attached hydrogens (tertiary/aromatic N) is 1. The number of benzene rings is 2. The summed E-state index contributed by atoms with van der Waals surface area (Å²) >= 11 is 1.49. The predicted octanol–water partition coefficient (Wildman–Crippen LogP) is 5.03. The molecule has 2 aromatic carbocycles. The minimum absolute atomic E-state index is 0.0834. The molecule has 2 aromatic heterocycles. The molecule has 0 saturated carbocycles. The normalized spacial score (nSPS) is 16.2. The summed E-state index contributed by atoms with van der Waals surface area (Å²) in [6.07, 6.45) is 0.850.